The smallest absolute Gasteiger partial charge is 0.406 e. The van der Waals surface area contributed by atoms with Crippen molar-refractivity contribution in [2.75, 3.05) is 10.6 Å². The van der Waals surface area contributed by atoms with Gasteiger partial charge in [0.05, 0.1) is 5.69 Å². The highest BCUT2D eigenvalue weighted by atomic mass is 35.5. The van der Waals surface area contributed by atoms with E-state index < -0.39 is 6.36 Å². The minimum absolute atomic E-state index is 0.294. The quantitative estimate of drug-likeness (QED) is 0.409. The number of hydrogen-bond donors (Lipinski definition) is 2. The molecule has 3 aromatic rings. The first-order valence-electron chi connectivity index (χ1n) is 9.13. The molecule has 5 nitrogen and oxygen atoms in total. The Labute approximate surface area is 187 Å². The molecule has 1 heterocycles. The largest absolute Gasteiger partial charge is 0.573 e. The monoisotopic (exact) mass is 470 g/mol. The van der Waals surface area contributed by atoms with E-state index in [9.17, 15) is 13.2 Å². The second-order valence-corrected chi connectivity index (χ2v) is 8.57. The van der Waals surface area contributed by atoms with Crippen LogP contribution < -0.4 is 15.4 Å². The van der Waals surface area contributed by atoms with Crippen molar-refractivity contribution in [1.29, 1.82) is 0 Å². The first kappa shape index (κ1) is 23.0. The molecule has 0 radical (unpaired) electrons. The fraction of sp³-hybridized carbons (Fsp3) is 0.238. The van der Waals surface area contributed by atoms with Gasteiger partial charge in [-0.15, -0.1) is 13.2 Å². The molecule has 10 heteroatoms. The Bertz CT molecular complexity index is 1060. The molecule has 0 bridgehead atoms. The number of alkyl halides is 3. The van der Waals surface area contributed by atoms with E-state index in [0.717, 1.165) is 0 Å². The molecule has 0 aliphatic carbocycles. The van der Waals surface area contributed by atoms with Crippen molar-refractivity contribution in [3.8, 4) is 17.0 Å². The lowest BCUT2D eigenvalue weighted by Crippen LogP contribution is -2.27. The van der Waals surface area contributed by atoms with Crippen molar-refractivity contribution in [2.45, 2.75) is 32.7 Å². The Hall–Kier alpha value is -2.71. The van der Waals surface area contributed by atoms with E-state index in [0.29, 0.717) is 38.8 Å². The van der Waals surface area contributed by atoms with E-state index in [1.165, 1.54) is 18.2 Å². The van der Waals surface area contributed by atoms with Gasteiger partial charge in [0.15, 0.2) is 0 Å². The number of hydrogen-bond acceptors (Lipinski definition) is 5. The lowest BCUT2D eigenvalue weighted by atomic mass is 10.1. The molecule has 0 saturated heterocycles. The van der Waals surface area contributed by atoms with Gasteiger partial charge in [-0.2, -0.15) is 4.98 Å². The Morgan fingerprint density at radius 3 is 2.19 bits per heavy atom. The van der Waals surface area contributed by atoms with Crippen LogP contribution in [0, 0.1) is 0 Å². The van der Waals surface area contributed by atoms with Gasteiger partial charge in [-0.05, 0) is 51.1 Å². The molecule has 0 spiro atoms. The summed E-state index contributed by atoms with van der Waals surface area (Å²) in [5.41, 5.74) is 1.06. The molecule has 2 aromatic carbocycles. The van der Waals surface area contributed by atoms with Crippen LogP contribution in [0.3, 0.4) is 0 Å². The summed E-state index contributed by atoms with van der Waals surface area (Å²) in [5.74, 6) is 0.352. The number of nitrogens with one attached hydrogen (secondary N) is 2. The van der Waals surface area contributed by atoms with Gasteiger partial charge in [0, 0.05) is 32.9 Å². The number of aromatic nitrogens is 2. The molecule has 31 heavy (non-hydrogen) atoms. The maximum atomic E-state index is 12.6. The van der Waals surface area contributed by atoms with Crippen LogP contribution in [0.2, 0.25) is 10.0 Å². The van der Waals surface area contributed by atoms with Crippen LogP contribution in [0.4, 0.5) is 30.6 Å². The molecule has 0 saturated carbocycles. The van der Waals surface area contributed by atoms with Crippen molar-refractivity contribution >= 4 is 40.7 Å². The molecule has 3 rings (SSSR count). The molecule has 2 N–H and O–H groups in total. The van der Waals surface area contributed by atoms with Crippen LogP contribution in [0.15, 0.2) is 48.5 Å². The third-order valence-corrected chi connectivity index (χ3v) is 4.15. The molecular weight excluding hydrogens is 452 g/mol. The Morgan fingerprint density at radius 1 is 0.903 bits per heavy atom. The van der Waals surface area contributed by atoms with E-state index >= 15 is 0 Å². The summed E-state index contributed by atoms with van der Waals surface area (Å²) in [4.78, 5) is 8.90. The maximum Gasteiger partial charge on any atom is 0.573 e. The number of rotatable bonds is 5. The van der Waals surface area contributed by atoms with Gasteiger partial charge in [-0.3, -0.25) is 0 Å². The van der Waals surface area contributed by atoms with Crippen LogP contribution in [0.5, 0.6) is 5.75 Å². The van der Waals surface area contributed by atoms with Crippen LogP contribution in [0.1, 0.15) is 20.8 Å². The summed E-state index contributed by atoms with van der Waals surface area (Å²) in [6.07, 6.45) is -4.79. The highest BCUT2D eigenvalue weighted by Gasteiger charge is 2.31. The highest BCUT2D eigenvalue weighted by Crippen LogP contribution is 2.30. The third-order valence-electron chi connectivity index (χ3n) is 3.71. The predicted molar refractivity (Wildman–Crippen MR) is 117 cm³/mol. The lowest BCUT2D eigenvalue weighted by molar-refractivity contribution is -0.274. The molecule has 0 aliphatic rings. The van der Waals surface area contributed by atoms with Crippen LogP contribution in [-0.2, 0) is 0 Å². The zero-order valence-electron chi connectivity index (χ0n) is 16.8. The summed E-state index contributed by atoms with van der Waals surface area (Å²) in [6, 6.07) is 12.1. The number of ether oxygens (including phenoxy) is 1. The fourth-order valence-corrected chi connectivity index (χ4v) is 3.20. The molecule has 0 unspecified atom stereocenters. The van der Waals surface area contributed by atoms with E-state index in [-0.39, 0.29) is 11.3 Å². The minimum atomic E-state index is -4.79. The van der Waals surface area contributed by atoms with Gasteiger partial charge in [0.25, 0.3) is 0 Å². The second kappa shape index (κ2) is 8.80. The van der Waals surface area contributed by atoms with E-state index in [1.807, 2.05) is 20.8 Å². The van der Waals surface area contributed by atoms with Gasteiger partial charge < -0.3 is 15.4 Å². The molecular formula is C21H19Cl2F3N4O. The van der Waals surface area contributed by atoms with Gasteiger partial charge in [0.1, 0.15) is 11.6 Å². The molecule has 1 aromatic heterocycles. The molecule has 0 amide bonds. The van der Waals surface area contributed by atoms with Crippen molar-refractivity contribution in [1.82, 2.24) is 9.97 Å². The average Bonchev–Trinajstić information content (AvgIpc) is 2.57. The van der Waals surface area contributed by atoms with Crippen LogP contribution >= 0.6 is 23.2 Å². The summed E-state index contributed by atoms with van der Waals surface area (Å²) in [7, 11) is 0. The molecule has 0 atom stereocenters. The SMILES string of the molecule is CC(C)(C)Nc1nc(Nc2cc(Cl)cc(Cl)c2)cc(-c2cccc(OC(F)(F)F)c2)n1. The maximum absolute atomic E-state index is 12.6. The van der Waals surface area contributed by atoms with Gasteiger partial charge in [0.2, 0.25) is 5.95 Å². The van der Waals surface area contributed by atoms with Crippen molar-refractivity contribution in [2.24, 2.45) is 0 Å². The highest BCUT2D eigenvalue weighted by molar-refractivity contribution is 6.35. The number of halogens is 5. The zero-order chi connectivity index (χ0) is 22.8. The Morgan fingerprint density at radius 2 is 1.58 bits per heavy atom. The predicted octanol–water partition coefficient (Wildman–Crippen LogP) is 7.30. The molecule has 0 aliphatic heterocycles. The molecule has 0 fully saturated rings. The van der Waals surface area contributed by atoms with Gasteiger partial charge in [-0.1, -0.05) is 35.3 Å². The van der Waals surface area contributed by atoms with Crippen molar-refractivity contribution in [3.05, 3.63) is 58.6 Å². The lowest BCUT2D eigenvalue weighted by Gasteiger charge is -2.21. The molecule has 164 valence electrons. The van der Waals surface area contributed by atoms with Crippen molar-refractivity contribution in [3.63, 3.8) is 0 Å². The van der Waals surface area contributed by atoms with E-state index in [2.05, 4.69) is 25.3 Å². The van der Waals surface area contributed by atoms with Crippen LogP contribution in [0.25, 0.3) is 11.3 Å². The van der Waals surface area contributed by atoms with Crippen LogP contribution in [-0.4, -0.2) is 21.9 Å². The van der Waals surface area contributed by atoms with E-state index in [1.54, 1.807) is 30.3 Å². The first-order chi connectivity index (χ1) is 14.4. The standard InChI is InChI=1S/C21H19Cl2F3N4O/c1-20(2,3)30-19-28-17(12-5-4-6-16(7-12)31-21(24,25)26)11-18(29-19)27-15-9-13(22)8-14(23)10-15/h4-11H,1-3H3,(H2,27,28,29,30). The topological polar surface area (TPSA) is 59.1 Å². The minimum Gasteiger partial charge on any atom is -0.406 e. The second-order valence-electron chi connectivity index (χ2n) is 7.70. The van der Waals surface area contributed by atoms with E-state index in [4.69, 9.17) is 23.2 Å². The summed E-state index contributed by atoms with van der Waals surface area (Å²) >= 11 is 12.1. The average molecular weight is 471 g/mol. The van der Waals surface area contributed by atoms with Crippen molar-refractivity contribution < 1.29 is 17.9 Å². The summed E-state index contributed by atoms with van der Waals surface area (Å²) < 4.78 is 41.8. The third kappa shape index (κ3) is 7.18. The Balaban J connectivity index is 2.02. The first-order valence-corrected chi connectivity index (χ1v) is 9.88. The fourth-order valence-electron chi connectivity index (χ4n) is 2.68. The van der Waals surface area contributed by atoms with Gasteiger partial charge >= 0.3 is 6.36 Å². The normalized spacial score (nSPS) is 11.9. The zero-order valence-corrected chi connectivity index (χ0v) is 18.3. The van der Waals surface area contributed by atoms with Gasteiger partial charge in [-0.25, -0.2) is 4.98 Å². The summed E-state index contributed by atoms with van der Waals surface area (Å²) in [6.45, 7) is 5.81. The number of anilines is 3. The number of benzene rings is 2. The number of nitrogens with zero attached hydrogens (tertiary/aromatic N) is 2. The summed E-state index contributed by atoms with van der Waals surface area (Å²) in [5, 5.41) is 7.15. The Kier molecular flexibility index (Phi) is 6.52.